The van der Waals surface area contributed by atoms with Crippen LogP contribution in [0, 0.1) is 17.8 Å². The SMILES string of the molecule is O=C(NC[C@H]1[C@H]2CN(CC=Cc3ccccc3)C[C@]23CC[C@H]1O3)C1CC1.O=CO. The van der Waals surface area contributed by atoms with Gasteiger partial charge in [-0.2, -0.15) is 0 Å². The van der Waals surface area contributed by atoms with Gasteiger partial charge in [-0.25, -0.2) is 0 Å². The lowest BCUT2D eigenvalue weighted by atomic mass is 9.73. The molecule has 6 nitrogen and oxygen atoms in total. The first-order valence-electron chi connectivity index (χ1n) is 10.6. The Morgan fingerprint density at radius 2 is 2.03 bits per heavy atom. The van der Waals surface area contributed by atoms with Gasteiger partial charge in [0, 0.05) is 43.9 Å². The molecule has 3 heterocycles. The number of nitrogens with zero attached hydrogens (tertiary/aromatic N) is 1. The lowest BCUT2D eigenvalue weighted by Crippen LogP contribution is -2.42. The Hall–Kier alpha value is -2.18. The molecule has 3 saturated heterocycles. The van der Waals surface area contributed by atoms with Crippen molar-refractivity contribution in [3.63, 3.8) is 0 Å². The fourth-order valence-electron chi connectivity index (χ4n) is 5.31. The molecule has 2 bridgehead atoms. The van der Waals surface area contributed by atoms with Crippen molar-refractivity contribution in [3.8, 4) is 0 Å². The molecule has 1 spiro atoms. The molecule has 2 N–H and O–H groups in total. The summed E-state index contributed by atoms with van der Waals surface area (Å²) in [6.07, 6.45) is 9.33. The number of hydrogen-bond donors (Lipinski definition) is 2. The van der Waals surface area contributed by atoms with Crippen LogP contribution in [0.4, 0.5) is 0 Å². The zero-order chi connectivity index (χ0) is 20.3. The number of ether oxygens (including phenoxy) is 1. The Morgan fingerprint density at radius 3 is 2.76 bits per heavy atom. The Labute approximate surface area is 171 Å². The summed E-state index contributed by atoms with van der Waals surface area (Å²) in [4.78, 5) is 22.9. The third-order valence-electron chi connectivity index (χ3n) is 6.79. The number of hydrogen-bond acceptors (Lipinski definition) is 4. The minimum Gasteiger partial charge on any atom is -0.483 e. The van der Waals surface area contributed by atoms with E-state index in [2.05, 4.69) is 46.6 Å². The van der Waals surface area contributed by atoms with Gasteiger partial charge < -0.3 is 15.2 Å². The van der Waals surface area contributed by atoms with E-state index in [1.54, 1.807) is 0 Å². The maximum atomic E-state index is 12.0. The molecule has 156 valence electrons. The van der Waals surface area contributed by atoms with Crippen molar-refractivity contribution < 1.29 is 19.4 Å². The second-order valence-electron chi connectivity index (χ2n) is 8.66. The normalized spacial score (nSPS) is 32.6. The van der Waals surface area contributed by atoms with E-state index in [1.807, 2.05) is 6.07 Å². The van der Waals surface area contributed by atoms with E-state index in [1.165, 1.54) is 12.0 Å². The van der Waals surface area contributed by atoms with Gasteiger partial charge in [-0.05, 0) is 31.2 Å². The topological polar surface area (TPSA) is 78.9 Å². The van der Waals surface area contributed by atoms with Crippen LogP contribution in [0.2, 0.25) is 0 Å². The highest BCUT2D eigenvalue weighted by Crippen LogP contribution is 2.54. The second kappa shape index (κ2) is 8.67. The number of amides is 1. The van der Waals surface area contributed by atoms with Gasteiger partial charge in [-0.1, -0.05) is 42.5 Å². The van der Waals surface area contributed by atoms with Crippen molar-refractivity contribution in [1.29, 1.82) is 0 Å². The van der Waals surface area contributed by atoms with Crippen LogP contribution in [0.5, 0.6) is 0 Å². The number of fused-ring (bicyclic) bond motifs is 1. The lowest BCUT2D eigenvalue weighted by Gasteiger charge is -2.29. The third kappa shape index (κ3) is 4.38. The summed E-state index contributed by atoms with van der Waals surface area (Å²) < 4.78 is 6.48. The molecule has 4 fully saturated rings. The monoisotopic (exact) mass is 398 g/mol. The molecule has 0 aromatic heterocycles. The average Bonchev–Trinajstić information content (AvgIpc) is 3.32. The Kier molecular flexibility index (Phi) is 6.01. The van der Waals surface area contributed by atoms with Gasteiger partial charge in [0.05, 0.1) is 11.7 Å². The van der Waals surface area contributed by atoms with E-state index in [-0.39, 0.29) is 18.0 Å². The molecule has 4 aliphatic rings. The molecular formula is C23H30N2O4. The van der Waals surface area contributed by atoms with Crippen LogP contribution in [-0.2, 0) is 14.3 Å². The molecule has 3 aliphatic heterocycles. The smallest absolute Gasteiger partial charge is 0.290 e. The molecule has 0 unspecified atom stereocenters. The van der Waals surface area contributed by atoms with E-state index >= 15 is 0 Å². The number of benzene rings is 1. The van der Waals surface area contributed by atoms with Gasteiger partial charge in [-0.3, -0.25) is 14.5 Å². The molecule has 1 aromatic rings. The molecule has 4 atom stereocenters. The molecule has 1 aromatic carbocycles. The van der Waals surface area contributed by atoms with E-state index in [0.717, 1.165) is 45.4 Å². The van der Waals surface area contributed by atoms with Gasteiger partial charge in [-0.15, -0.1) is 0 Å². The van der Waals surface area contributed by atoms with Crippen molar-refractivity contribution >= 4 is 18.5 Å². The first kappa shape index (κ1) is 20.1. The molecular weight excluding hydrogens is 368 g/mol. The van der Waals surface area contributed by atoms with Crippen molar-refractivity contribution in [3.05, 3.63) is 42.0 Å². The van der Waals surface area contributed by atoms with Crippen LogP contribution in [0.1, 0.15) is 31.2 Å². The van der Waals surface area contributed by atoms with Crippen LogP contribution in [-0.4, -0.2) is 60.3 Å². The first-order valence-corrected chi connectivity index (χ1v) is 10.6. The number of nitrogens with one attached hydrogen (secondary N) is 1. The van der Waals surface area contributed by atoms with Crippen molar-refractivity contribution in [2.45, 2.75) is 37.4 Å². The summed E-state index contributed by atoms with van der Waals surface area (Å²) in [5, 5.41) is 10.1. The Bertz CT molecular complexity index is 749. The number of carbonyl (C=O) groups excluding carboxylic acids is 1. The van der Waals surface area contributed by atoms with Crippen molar-refractivity contribution in [1.82, 2.24) is 10.2 Å². The minimum atomic E-state index is -0.250. The quantitative estimate of drug-likeness (QED) is 0.720. The largest absolute Gasteiger partial charge is 0.483 e. The summed E-state index contributed by atoms with van der Waals surface area (Å²) in [5.41, 5.74) is 1.31. The number of rotatable bonds is 6. The molecule has 29 heavy (non-hydrogen) atoms. The van der Waals surface area contributed by atoms with Crippen LogP contribution in [0.25, 0.3) is 6.08 Å². The predicted molar refractivity (Wildman–Crippen MR) is 110 cm³/mol. The van der Waals surface area contributed by atoms with E-state index in [9.17, 15) is 4.79 Å². The zero-order valence-electron chi connectivity index (χ0n) is 16.7. The van der Waals surface area contributed by atoms with Crippen LogP contribution in [0.15, 0.2) is 36.4 Å². The summed E-state index contributed by atoms with van der Waals surface area (Å²) in [6, 6.07) is 10.5. The van der Waals surface area contributed by atoms with Gasteiger partial charge in [0.1, 0.15) is 0 Å². The maximum Gasteiger partial charge on any atom is 0.290 e. The number of carbonyl (C=O) groups is 2. The number of likely N-dealkylation sites (tertiary alicyclic amines) is 1. The summed E-state index contributed by atoms with van der Waals surface area (Å²) in [5.74, 6) is 1.63. The van der Waals surface area contributed by atoms with E-state index in [4.69, 9.17) is 14.6 Å². The predicted octanol–water partition coefficient (Wildman–Crippen LogP) is 2.41. The highest BCUT2D eigenvalue weighted by atomic mass is 16.5. The van der Waals surface area contributed by atoms with Gasteiger partial charge in [0.15, 0.2) is 0 Å². The molecule has 6 heteroatoms. The summed E-state index contributed by atoms with van der Waals surface area (Å²) >= 11 is 0. The second-order valence-corrected chi connectivity index (χ2v) is 8.66. The highest BCUT2D eigenvalue weighted by Gasteiger charge is 2.62. The number of carboxylic acid groups (broad SMARTS) is 1. The average molecular weight is 399 g/mol. The maximum absolute atomic E-state index is 12.0. The summed E-state index contributed by atoms with van der Waals surface area (Å²) in [7, 11) is 0. The van der Waals surface area contributed by atoms with Crippen molar-refractivity contribution in [2.75, 3.05) is 26.2 Å². The zero-order valence-corrected chi connectivity index (χ0v) is 16.7. The lowest BCUT2D eigenvalue weighted by molar-refractivity contribution is -0.123. The third-order valence-corrected chi connectivity index (χ3v) is 6.79. The first-order chi connectivity index (χ1) is 14.1. The van der Waals surface area contributed by atoms with Gasteiger partial charge in [0.25, 0.3) is 6.47 Å². The molecule has 1 amide bonds. The Balaban J connectivity index is 0.000000645. The Morgan fingerprint density at radius 1 is 1.28 bits per heavy atom. The highest BCUT2D eigenvalue weighted by molar-refractivity contribution is 5.80. The van der Waals surface area contributed by atoms with Crippen LogP contribution < -0.4 is 5.32 Å². The molecule has 0 radical (unpaired) electrons. The molecule has 1 saturated carbocycles. The van der Waals surface area contributed by atoms with E-state index < -0.39 is 0 Å². The minimum absolute atomic E-state index is 0.0558. The molecule has 5 rings (SSSR count). The fraction of sp³-hybridized carbons (Fsp3) is 0.565. The van der Waals surface area contributed by atoms with E-state index in [0.29, 0.717) is 23.9 Å². The van der Waals surface area contributed by atoms with Crippen LogP contribution in [0.3, 0.4) is 0 Å². The molecule has 1 aliphatic carbocycles. The summed E-state index contributed by atoms with van der Waals surface area (Å²) in [6.45, 7) is 3.67. The van der Waals surface area contributed by atoms with Crippen LogP contribution >= 0.6 is 0 Å². The van der Waals surface area contributed by atoms with Crippen molar-refractivity contribution in [2.24, 2.45) is 17.8 Å². The van der Waals surface area contributed by atoms with Gasteiger partial charge in [0.2, 0.25) is 5.91 Å². The fourth-order valence-corrected chi connectivity index (χ4v) is 5.31. The standard InChI is InChI=1S/C22H28N2O2.CH2O2/c25-21(17-8-9-17)23-13-18-19-14-24(15-22(19)11-10-20(18)26-22)12-4-7-16-5-2-1-3-6-16;2-1-3/h1-7,17-20H,8-15H2,(H,23,25);1H,(H,2,3)/t18-,19+,20+,22+;/m0./s1. The van der Waals surface area contributed by atoms with Gasteiger partial charge >= 0.3 is 0 Å².